The largest absolute Gasteiger partial charge is 0.497 e. The lowest BCUT2D eigenvalue weighted by atomic mass is 10.1. The van der Waals surface area contributed by atoms with Crippen molar-refractivity contribution < 1.29 is 19.0 Å². The summed E-state index contributed by atoms with van der Waals surface area (Å²) in [5.74, 6) is 3.29. The number of fused-ring (bicyclic) bond motifs is 1. The third-order valence-corrected chi connectivity index (χ3v) is 2.71. The molecule has 0 saturated heterocycles. The fourth-order valence-corrected chi connectivity index (χ4v) is 1.67. The molecule has 4 heteroatoms. The first-order valence-corrected chi connectivity index (χ1v) is 5.82. The highest BCUT2D eigenvalue weighted by Gasteiger charge is 2.20. The number of carbonyl (C=O) groups excluding carboxylic acids is 1. The summed E-state index contributed by atoms with van der Waals surface area (Å²) in [6.45, 7) is 1.81. The lowest BCUT2D eigenvalue weighted by molar-refractivity contribution is -0.141. The van der Waals surface area contributed by atoms with Crippen molar-refractivity contribution in [3.63, 3.8) is 0 Å². The fraction of sp³-hybridized carbons (Fsp3) is 0.267. The molecule has 1 aromatic rings. The maximum absolute atomic E-state index is 11.8. The van der Waals surface area contributed by atoms with Crippen molar-refractivity contribution in [2.24, 2.45) is 0 Å². The first kappa shape index (κ1) is 13.0. The second-order valence-electron chi connectivity index (χ2n) is 4.08. The molecule has 0 amide bonds. The Labute approximate surface area is 112 Å². The monoisotopic (exact) mass is 258 g/mol. The van der Waals surface area contributed by atoms with Gasteiger partial charge in [-0.2, -0.15) is 0 Å². The molecular formula is C15H14O4. The Bertz CT molecular complexity index is 566. The van der Waals surface area contributed by atoms with Crippen LogP contribution in [0.25, 0.3) is 6.08 Å². The summed E-state index contributed by atoms with van der Waals surface area (Å²) < 4.78 is 15.7. The normalized spacial score (nSPS) is 14.3. The number of carbonyl (C=O) groups is 1. The Kier molecular flexibility index (Phi) is 3.76. The summed E-state index contributed by atoms with van der Waals surface area (Å²) in [6.07, 6.45) is 6.34. The van der Waals surface area contributed by atoms with E-state index in [2.05, 4.69) is 5.92 Å². The summed E-state index contributed by atoms with van der Waals surface area (Å²) in [6, 6.07) is 5.40. The number of rotatable bonds is 3. The molecule has 0 aliphatic carbocycles. The fourth-order valence-electron chi connectivity index (χ4n) is 1.67. The lowest BCUT2D eigenvalue weighted by Gasteiger charge is -2.18. The topological polar surface area (TPSA) is 44.8 Å². The number of hydrogen-bond donors (Lipinski definition) is 0. The van der Waals surface area contributed by atoms with Gasteiger partial charge in [-0.05, 0) is 31.2 Å². The van der Waals surface area contributed by atoms with E-state index in [0.29, 0.717) is 17.1 Å². The Morgan fingerprint density at radius 3 is 3.00 bits per heavy atom. The minimum absolute atomic E-state index is 0.176. The number of esters is 1. The molecule has 0 bridgehead atoms. The molecule has 1 aliphatic rings. The summed E-state index contributed by atoms with van der Waals surface area (Å²) in [5.41, 5.74) is 1.22. The van der Waals surface area contributed by atoms with Crippen LogP contribution in [-0.2, 0) is 9.53 Å². The van der Waals surface area contributed by atoms with Crippen molar-refractivity contribution >= 4 is 12.0 Å². The van der Waals surface area contributed by atoms with Crippen LogP contribution in [-0.4, -0.2) is 25.8 Å². The molecule has 1 atom stereocenters. The Balaban J connectivity index is 2.23. The predicted octanol–water partition coefficient (Wildman–Crippen LogP) is 2.04. The Morgan fingerprint density at radius 1 is 1.53 bits per heavy atom. The van der Waals surface area contributed by atoms with Crippen LogP contribution in [0, 0.1) is 12.3 Å². The zero-order chi connectivity index (χ0) is 13.8. The molecule has 0 N–H and O–H groups in total. The third kappa shape index (κ3) is 2.89. The van der Waals surface area contributed by atoms with Crippen LogP contribution in [0.1, 0.15) is 12.5 Å². The van der Waals surface area contributed by atoms with Crippen molar-refractivity contribution in [2.45, 2.75) is 13.0 Å². The highest BCUT2D eigenvalue weighted by atomic mass is 16.5. The molecule has 0 radical (unpaired) electrons. The zero-order valence-corrected chi connectivity index (χ0v) is 10.8. The van der Waals surface area contributed by atoms with E-state index in [1.807, 2.05) is 0 Å². The molecule has 0 fully saturated rings. The van der Waals surface area contributed by atoms with Crippen molar-refractivity contribution in [2.75, 3.05) is 13.7 Å². The van der Waals surface area contributed by atoms with Crippen LogP contribution in [0.4, 0.5) is 0 Å². The van der Waals surface area contributed by atoms with E-state index < -0.39 is 12.1 Å². The van der Waals surface area contributed by atoms with E-state index in [9.17, 15) is 4.79 Å². The van der Waals surface area contributed by atoms with Gasteiger partial charge in [-0.25, -0.2) is 4.79 Å². The molecular weight excluding hydrogens is 244 g/mol. The number of benzene rings is 1. The minimum Gasteiger partial charge on any atom is -0.497 e. The maximum Gasteiger partial charge on any atom is 0.338 e. The third-order valence-electron chi connectivity index (χ3n) is 2.71. The van der Waals surface area contributed by atoms with Gasteiger partial charge in [0.2, 0.25) is 0 Å². The number of methoxy groups -OCH3 is 1. The van der Waals surface area contributed by atoms with E-state index in [-0.39, 0.29) is 6.61 Å². The molecule has 1 heterocycles. The van der Waals surface area contributed by atoms with Crippen molar-refractivity contribution in [3.8, 4) is 23.8 Å². The van der Waals surface area contributed by atoms with E-state index in [1.54, 1.807) is 38.3 Å². The molecule has 4 nitrogen and oxygen atoms in total. The average Bonchev–Trinajstić information content (AvgIpc) is 2.45. The highest BCUT2D eigenvalue weighted by molar-refractivity contribution is 5.95. The minimum atomic E-state index is -0.555. The second-order valence-corrected chi connectivity index (χ2v) is 4.08. The van der Waals surface area contributed by atoms with Crippen molar-refractivity contribution in [1.82, 2.24) is 0 Å². The van der Waals surface area contributed by atoms with Gasteiger partial charge in [0.15, 0.2) is 6.10 Å². The predicted molar refractivity (Wildman–Crippen MR) is 70.9 cm³/mol. The smallest absolute Gasteiger partial charge is 0.338 e. The molecule has 0 saturated carbocycles. The maximum atomic E-state index is 11.8. The lowest BCUT2D eigenvalue weighted by Crippen LogP contribution is -2.20. The van der Waals surface area contributed by atoms with E-state index in [0.717, 1.165) is 5.56 Å². The van der Waals surface area contributed by atoms with Crippen LogP contribution < -0.4 is 9.47 Å². The van der Waals surface area contributed by atoms with Gasteiger partial charge in [-0.3, -0.25) is 0 Å². The van der Waals surface area contributed by atoms with Gasteiger partial charge in [0.25, 0.3) is 0 Å². The zero-order valence-electron chi connectivity index (χ0n) is 10.8. The number of ether oxygens (including phenoxy) is 3. The van der Waals surface area contributed by atoms with Crippen LogP contribution in [0.15, 0.2) is 23.8 Å². The molecule has 1 aliphatic heterocycles. The molecule has 98 valence electrons. The van der Waals surface area contributed by atoms with Gasteiger partial charge in [0, 0.05) is 5.56 Å². The van der Waals surface area contributed by atoms with Gasteiger partial charge in [-0.15, -0.1) is 6.42 Å². The Morgan fingerprint density at radius 2 is 2.32 bits per heavy atom. The van der Waals surface area contributed by atoms with Crippen LogP contribution in [0.5, 0.6) is 11.5 Å². The Hall–Kier alpha value is -2.41. The van der Waals surface area contributed by atoms with Gasteiger partial charge in [0.05, 0.1) is 12.7 Å². The molecule has 2 rings (SSSR count). The summed E-state index contributed by atoms with van der Waals surface area (Å²) >= 11 is 0. The first-order chi connectivity index (χ1) is 9.13. The molecule has 19 heavy (non-hydrogen) atoms. The van der Waals surface area contributed by atoms with Gasteiger partial charge in [-0.1, -0.05) is 5.92 Å². The summed E-state index contributed by atoms with van der Waals surface area (Å²) in [5, 5.41) is 0. The number of terminal acetylenes is 1. The first-order valence-electron chi connectivity index (χ1n) is 5.82. The summed E-state index contributed by atoms with van der Waals surface area (Å²) in [7, 11) is 1.58. The SMILES string of the molecule is C#CC(C)OC(=O)C1=Cc2cc(OC)ccc2OC1. The van der Waals surface area contributed by atoms with Crippen LogP contribution >= 0.6 is 0 Å². The molecule has 0 spiro atoms. The van der Waals surface area contributed by atoms with Gasteiger partial charge in [0.1, 0.15) is 18.1 Å². The van der Waals surface area contributed by atoms with E-state index in [4.69, 9.17) is 20.6 Å². The molecule has 0 aromatic heterocycles. The molecule has 1 aromatic carbocycles. The van der Waals surface area contributed by atoms with E-state index >= 15 is 0 Å². The van der Waals surface area contributed by atoms with Gasteiger partial charge >= 0.3 is 5.97 Å². The average molecular weight is 258 g/mol. The van der Waals surface area contributed by atoms with Gasteiger partial charge < -0.3 is 14.2 Å². The van der Waals surface area contributed by atoms with Crippen molar-refractivity contribution in [1.29, 1.82) is 0 Å². The summed E-state index contributed by atoms with van der Waals surface area (Å²) in [4.78, 5) is 11.8. The molecule has 1 unspecified atom stereocenters. The highest BCUT2D eigenvalue weighted by Crippen LogP contribution is 2.30. The quantitative estimate of drug-likeness (QED) is 0.614. The second kappa shape index (κ2) is 5.49. The van der Waals surface area contributed by atoms with Crippen LogP contribution in [0.3, 0.4) is 0 Å². The standard InChI is InChI=1S/C15H14O4/c1-4-10(2)19-15(16)12-7-11-8-13(17-3)5-6-14(11)18-9-12/h1,5-8,10H,9H2,2-3H3. The van der Waals surface area contributed by atoms with Crippen molar-refractivity contribution in [3.05, 3.63) is 29.3 Å². The number of hydrogen-bond acceptors (Lipinski definition) is 4. The van der Waals surface area contributed by atoms with E-state index in [1.165, 1.54) is 0 Å². The van der Waals surface area contributed by atoms with Crippen LogP contribution in [0.2, 0.25) is 0 Å².